The zero-order valence-corrected chi connectivity index (χ0v) is 18.0. The van der Waals surface area contributed by atoms with Crippen LogP contribution < -0.4 is 4.74 Å². The lowest BCUT2D eigenvalue weighted by molar-refractivity contribution is -0.137. The molecule has 0 amide bonds. The number of carboxylic acids is 1. The monoisotopic (exact) mass is 490 g/mol. The molecule has 0 saturated carbocycles. The van der Waals surface area contributed by atoms with Gasteiger partial charge in [0.25, 0.3) is 0 Å². The van der Waals surface area contributed by atoms with E-state index in [1.807, 2.05) is 36.4 Å². The first-order valence-corrected chi connectivity index (χ1v) is 10.6. The molecule has 0 saturated heterocycles. The van der Waals surface area contributed by atoms with Crippen LogP contribution in [0.2, 0.25) is 0 Å². The summed E-state index contributed by atoms with van der Waals surface area (Å²) < 4.78 is 6.71. The molecular formula is C21H31IO5. The summed E-state index contributed by atoms with van der Waals surface area (Å²) in [6, 6.07) is 7.72. The first-order valence-electron chi connectivity index (χ1n) is 9.49. The Morgan fingerprint density at radius 3 is 2.67 bits per heavy atom. The lowest BCUT2D eigenvalue weighted by Crippen LogP contribution is -2.20. The number of carbonyl (C=O) groups is 1. The van der Waals surface area contributed by atoms with Gasteiger partial charge in [-0.05, 0) is 85.7 Å². The largest absolute Gasteiger partial charge is 0.491 e. The van der Waals surface area contributed by atoms with Gasteiger partial charge in [-0.25, -0.2) is 0 Å². The molecule has 5 nitrogen and oxygen atoms in total. The molecule has 0 heterocycles. The van der Waals surface area contributed by atoms with Crippen molar-refractivity contribution in [3.8, 4) is 5.75 Å². The molecule has 0 radical (unpaired) electrons. The number of aliphatic hydroxyl groups excluding tert-OH is 2. The third-order valence-corrected chi connectivity index (χ3v) is 5.07. The van der Waals surface area contributed by atoms with Crippen molar-refractivity contribution in [3.05, 3.63) is 40.0 Å². The van der Waals surface area contributed by atoms with E-state index in [-0.39, 0.29) is 18.9 Å². The fourth-order valence-electron chi connectivity index (χ4n) is 2.76. The highest BCUT2D eigenvalue weighted by molar-refractivity contribution is 14.1. The number of benzene rings is 1. The molecule has 3 unspecified atom stereocenters. The van der Waals surface area contributed by atoms with Crippen LogP contribution in [-0.4, -0.2) is 40.1 Å². The molecule has 0 fully saturated rings. The quantitative estimate of drug-likeness (QED) is 0.205. The first kappa shape index (κ1) is 23.9. The van der Waals surface area contributed by atoms with Crippen LogP contribution in [-0.2, 0) is 4.79 Å². The predicted molar refractivity (Wildman–Crippen MR) is 115 cm³/mol. The maximum atomic E-state index is 10.5. The Labute approximate surface area is 175 Å². The third kappa shape index (κ3) is 12.0. The normalized spacial score (nSPS) is 14.8. The molecule has 6 heteroatoms. The summed E-state index contributed by atoms with van der Waals surface area (Å²) >= 11 is 2.22. The van der Waals surface area contributed by atoms with E-state index in [2.05, 4.69) is 22.6 Å². The average molecular weight is 490 g/mol. The van der Waals surface area contributed by atoms with Crippen LogP contribution in [0.5, 0.6) is 5.75 Å². The molecule has 152 valence electrons. The van der Waals surface area contributed by atoms with E-state index in [1.54, 1.807) is 6.92 Å². The topological polar surface area (TPSA) is 87.0 Å². The number of aliphatic hydroxyl groups is 2. The van der Waals surface area contributed by atoms with Gasteiger partial charge in [-0.1, -0.05) is 24.6 Å². The van der Waals surface area contributed by atoms with Crippen LogP contribution >= 0.6 is 22.6 Å². The SMILES string of the molecule is CC(O)C(C/C=C\CCCC(=O)O)CCCC(O)COc1cccc(I)c1. The highest BCUT2D eigenvalue weighted by Gasteiger charge is 2.14. The summed E-state index contributed by atoms with van der Waals surface area (Å²) in [4.78, 5) is 10.5. The summed E-state index contributed by atoms with van der Waals surface area (Å²) in [6.07, 6.45) is 7.69. The van der Waals surface area contributed by atoms with Crippen molar-refractivity contribution in [3.63, 3.8) is 0 Å². The summed E-state index contributed by atoms with van der Waals surface area (Å²) in [5.74, 6) is 0.134. The highest BCUT2D eigenvalue weighted by atomic mass is 127. The number of rotatable bonds is 14. The molecule has 1 aromatic carbocycles. The van der Waals surface area contributed by atoms with E-state index in [9.17, 15) is 15.0 Å². The molecule has 1 aromatic rings. The zero-order chi connectivity index (χ0) is 20.1. The maximum Gasteiger partial charge on any atom is 0.303 e. The first-order chi connectivity index (χ1) is 12.9. The fourth-order valence-corrected chi connectivity index (χ4v) is 3.28. The van der Waals surface area contributed by atoms with Crippen molar-refractivity contribution in [1.29, 1.82) is 0 Å². The molecular weight excluding hydrogens is 459 g/mol. The van der Waals surface area contributed by atoms with Gasteiger partial charge in [-0.3, -0.25) is 4.79 Å². The number of unbranched alkanes of at least 4 members (excludes halogenated alkanes) is 1. The lowest BCUT2D eigenvalue weighted by atomic mass is 9.92. The molecule has 3 N–H and O–H groups in total. The molecule has 0 bridgehead atoms. The van der Waals surface area contributed by atoms with Gasteiger partial charge < -0.3 is 20.1 Å². The van der Waals surface area contributed by atoms with E-state index >= 15 is 0 Å². The highest BCUT2D eigenvalue weighted by Crippen LogP contribution is 2.20. The number of hydrogen-bond donors (Lipinski definition) is 3. The Morgan fingerprint density at radius 2 is 2.00 bits per heavy atom. The molecule has 0 aliphatic heterocycles. The van der Waals surface area contributed by atoms with E-state index in [1.165, 1.54) is 0 Å². The van der Waals surface area contributed by atoms with E-state index in [4.69, 9.17) is 9.84 Å². The van der Waals surface area contributed by atoms with Gasteiger partial charge in [-0.2, -0.15) is 0 Å². The van der Waals surface area contributed by atoms with Crippen LogP contribution in [0.3, 0.4) is 0 Å². The Hall–Kier alpha value is -1.12. The van der Waals surface area contributed by atoms with E-state index < -0.39 is 18.2 Å². The molecule has 0 spiro atoms. The van der Waals surface area contributed by atoms with Crippen LogP contribution in [0, 0.1) is 9.49 Å². The van der Waals surface area contributed by atoms with Crippen molar-refractivity contribution < 1.29 is 24.9 Å². The van der Waals surface area contributed by atoms with Crippen LogP contribution in [0.15, 0.2) is 36.4 Å². The minimum atomic E-state index is -0.769. The summed E-state index contributed by atoms with van der Waals surface area (Å²) in [7, 11) is 0. The standard InChI is InChI=1S/C21H31IO5/c1-16(23)17(8-4-2-3-5-13-21(25)26)9-6-11-19(24)15-27-20-12-7-10-18(22)14-20/h2,4,7,10,12,14,16-17,19,23-24H,3,5-6,8-9,11,13,15H2,1H3,(H,25,26)/b4-2-. The number of ether oxygens (including phenoxy) is 1. The maximum absolute atomic E-state index is 10.5. The molecule has 1 rings (SSSR count). The van der Waals surface area contributed by atoms with Gasteiger partial charge in [0.2, 0.25) is 0 Å². The second kappa shape index (κ2) is 14.0. The number of allylic oxidation sites excluding steroid dienone is 2. The molecule has 3 atom stereocenters. The van der Waals surface area contributed by atoms with Gasteiger partial charge >= 0.3 is 5.97 Å². The lowest BCUT2D eigenvalue weighted by Gasteiger charge is -2.19. The van der Waals surface area contributed by atoms with Gasteiger partial charge in [0.05, 0.1) is 12.2 Å². The minimum Gasteiger partial charge on any atom is -0.491 e. The van der Waals surface area contributed by atoms with Crippen molar-refractivity contribution in [2.24, 2.45) is 5.92 Å². The van der Waals surface area contributed by atoms with Gasteiger partial charge in [0.1, 0.15) is 12.4 Å². The second-order valence-corrected chi connectivity index (χ2v) is 8.09. The third-order valence-electron chi connectivity index (χ3n) is 4.40. The van der Waals surface area contributed by atoms with E-state index in [0.717, 1.165) is 35.0 Å². The van der Waals surface area contributed by atoms with Crippen LogP contribution in [0.4, 0.5) is 0 Å². The van der Waals surface area contributed by atoms with Crippen LogP contribution in [0.1, 0.15) is 51.9 Å². The van der Waals surface area contributed by atoms with E-state index in [0.29, 0.717) is 12.8 Å². The predicted octanol–water partition coefficient (Wildman–Crippen LogP) is 4.40. The second-order valence-electron chi connectivity index (χ2n) is 6.85. The summed E-state index contributed by atoms with van der Waals surface area (Å²) in [6.45, 7) is 2.06. The van der Waals surface area contributed by atoms with Crippen LogP contribution in [0.25, 0.3) is 0 Å². The summed E-state index contributed by atoms with van der Waals surface area (Å²) in [5.41, 5.74) is 0. The number of aliphatic carboxylic acids is 1. The molecule has 0 aliphatic rings. The summed E-state index contributed by atoms with van der Waals surface area (Å²) in [5, 5.41) is 28.6. The molecule has 0 aliphatic carbocycles. The Kier molecular flexibility index (Phi) is 12.4. The molecule has 27 heavy (non-hydrogen) atoms. The van der Waals surface area contributed by atoms with Crippen molar-refractivity contribution in [2.75, 3.05) is 6.61 Å². The number of carboxylic acid groups (broad SMARTS) is 1. The fraction of sp³-hybridized carbons (Fsp3) is 0.571. The Balaban J connectivity index is 2.23. The minimum absolute atomic E-state index is 0.143. The smallest absolute Gasteiger partial charge is 0.303 e. The van der Waals surface area contributed by atoms with Gasteiger partial charge in [-0.15, -0.1) is 0 Å². The van der Waals surface area contributed by atoms with Crippen molar-refractivity contribution in [1.82, 2.24) is 0 Å². The average Bonchev–Trinajstić information content (AvgIpc) is 2.60. The Morgan fingerprint density at radius 1 is 1.22 bits per heavy atom. The molecule has 0 aromatic heterocycles. The Bertz CT molecular complexity index is 573. The van der Waals surface area contributed by atoms with Crippen molar-refractivity contribution in [2.45, 2.75) is 64.1 Å². The van der Waals surface area contributed by atoms with Crippen molar-refractivity contribution >= 4 is 28.6 Å². The van der Waals surface area contributed by atoms with Gasteiger partial charge in [0, 0.05) is 9.99 Å². The number of hydrogen-bond acceptors (Lipinski definition) is 4. The van der Waals surface area contributed by atoms with Gasteiger partial charge in [0.15, 0.2) is 0 Å². The zero-order valence-electron chi connectivity index (χ0n) is 15.9. The number of halogens is 1.